The molecule has 1 aromatic rings. The van der Waals surface area contributed by atoms with Crippen LogP contribution >= 0.6 is 12.2 Å². The van der Waals surface area contributed by atoms with Crippen molar-refractivity contribution in [3.63, 3.8) is 0 Å². The lowest BCUT2D eigenvalue weighted by Gasteiger charge is -2.16. The summed E-state index contributed by atoms with van der Waals surface area (Å²) in [4.78, 5) is 2.38. The van der Waals surface area contributed by atoms with Crippen LogP contribution in [0.3, 0.4) is 0 Å². The van der Waals surface area contributed by atoms with Crippen LogP contribution in [0.2, 0.25) is 0 Å². The molecule has 4 heteroatoms. The molecular weight excluding hydrogens is 211 g/mol. The van der Waals surface area contributed by atoms with Crippen molar-refractivity contribution in [3.8, 4) is 0 Å². The predicted octanol–water partition coefficient (Wildman–Crippen LogP) is 1.91. The van der Waals surface area contributed by atoms with Gasteiger partial charge in [0.05, 0.1) is 0 Å². The molecule has 15 heavy (non-hydrogen) atoms. The molecule has 0 fully saturated rings. The Morgan fingerprint density at radius 2 is 2.20 bits per heavy atom. The molecule has 0 bridgehead atoms. The summed E-state index contributed by atoms with van der Waals surface area (Å²) in [5.41, 5.74) is 7.17. The molecule has 1 rings (SSSR count). The number of thiocarbonyl (C=S) groups is 1. The molecule has 0 amide bonds. The molecule has 0 spiro atoms. The van der Waals surface area contributed by atoms with Crippen molar-refractivity contribution in [3.05, 3.63) is 35.1 Å². The lowest BCUT2D eigenvalue weighted by Crippen LogP contribution is -2.20. The van der Waals surface area contributed by atoms with Gasteiger partial charge in [0, 0.05) is 12.1 Å². The summed E-state index contributed by atoms with van der Waals surface area (Å²) in [5, 5.41) is 0. The van der Waals surface area contributed by atoms with Gasteiger partial charge in [-0.1, -0.05) is 19.1 Å². The van der Waals surface area contributed by atoms with Crippen molar-refractivity contribution in [2.75, 3.05) is 13.6 Å². The summed E-state index contributed by atoms with van der Waals surface area (Å²) in [6.07, 6.45) is 0. The van der Waals surface area contributed by atoms with E-state index in [2.05, 4.69) is 4.90 Å². The minimum absolute atomic E-state index is 0.255. The molecule has 0 aliphatic heterocycles. The first-order valence-corrected chi connectivity index (χ1v) is 5.22. The molecule has 0 radical (unpaired) electrons. The van der Waals surface area contributed by atoms with Gasteiger partial charge in [0.1, 0.15) is 10.8 Å². The minimum Gasteiger partial charge on any atom is -0.389 e. The fourth-order valence-corrected chi connectivity index (χ4v) is 1.54. The van der Waals surface area contributed by atoms with E-state index in [4.69, 9.17) is 18.0 Å². The Kier molecular flexibility index (Phi) is 4.17. The standard InChI is InChI=1S/C11H15FN2S/c1-3-14(2)7-8-6-9(12)4-5-10(8)11(13)15/h4-6H,3,7H2,1-2H3,(H2,13,15). The van der Waals surface area contributed by atoms with Gasteiger partial charge in [-0.2, -0.15) is 0 Å². The van der Waals surface area contributed by atoms with E-state index >= 15 is 0 Å². The lowest BCUT2D eigenvalue weighted by molar-refractivity contribution is 0.345. The van der Waals surface area contributed by atoms with E-state index in [-0.39, 0.29) is 5.82 Å². The normalized spacial score (nSPS) is 10.7. The predicted molar refractivity (Wildman–Crippen MR) is 64.3 cm³/mol. The van der Waals surface area contributed by atoms with Crippen molar-refractivity contribution in [1.29, 1.82) is 0 Å². The average Bonchev–Trinajstić information content (AvgIpc) is 2.17. The van der Waals surface area contributed by atoms with Crippen molar-refractivity contribution in [2.24, 2.45) is 5.73 Å². The van der Waals surface area contributed by atoms with Crippen molar-refractivity contribution >= 4 is 17.2 Å². The Labute approximate surface area is 94.9 Å². The first kappa shape index (κ1) is 12.1. The maximum absolute atomic E-state index is 13.1. The van der Waals surface area contributed by atoms with E-state index in [0.717, 1.165) is 17.7 Å². The van der Waals surface area contributed by atoms with Gasteiger partial charge in [0.2, 0.25) is 0 Å². The van der Waals surface area contributed by atoms with Gasteiger partial charge in [-0.25, -0.2) is 4.39 Å². The SMILES string of the molecule is CCN(C)Cc1cc(F)ccc1C(N)=S. The Bertz CT molecular complexity index is 366. The number of rotatable bonds is 4. The summed E-state index contributed by atoms with van der Waals surface area (Å²) in [6.45, 7) is 3.59. The highest BCUT2D eigenvalue weighted by molar-refractivity contribution is 7.80. The zero-order chi connectivity index (χ0) is 11.4. The van der Waals surface area contributed by atoms with Crippen molar-refractivity contribution in [2.45, 2.75) is 13.5 Å². The first-order chi connectivity index (χ1) is 7.04. The van der Waals surface area contributed by atoms with Gasteiger partial charge >= 0.3 is 0 Å². The van der Waals surface area contributed by atoms with Gasteiger partial charge in [-0.05, 0) is 37.4 Å². The molecule has 0 saturated carbocycles. The summed E-state index contributed by atoms with van der Waals surface area (Å²) in [5.74, 6) is -0.255. The van der Waals surface area contributed by atoms with E-state index in [0.29, 0.717) is 11.5 Å². The van der Waals surface area contributed by atoms with Crippen LogP contribution in [-0.2, 0) is 6.54 Å². The minimum atomic E-state index is -0.255. The van der Waals surface area contributed by atoms with Gasteiger partial charge in [-0.3, -0.25) is 0 Å². The van der Waals surface area contributed by atoms with E-state index in [9.17, 15) is 4.39 Å². The number of hydrogen-bond acceptors (Lipinski definition) is 2. The molecule has 0 aliphatic carbocycles. The molecular formula is C11H15FN2S. The van der Waals surface area contributed by atoms with E-state index in [1.807, 2.05) is 14.0 Å². The zero-order valence-corrected chi connectivity index (χ0v) is 9.77. The highest BCUT2D eigenvalue weighted by Gasteiger charge is 2.08. The van der Waals surface area contributed by atoms with Crippen LogP contribution in [-0.4, -0.2) is 23.5 Å². The fraction of sp³-hybridized carbons (Fsp3) is 0.364. The maximum Gasteiger partial charge on any atom is 0.123 e. The maximum atomic E-state index is 13.1. The van der Waals surface area contributed by atoms with Crippen LogP contribution in [0.15, 0.2) is 18.2 Å². The summed E-state index contributed by atoms with van der Waals surface area (Å²) >= 11 is 4.92. The van der Waals surface area contributed by atoms with Gasteiger partial charge in [0.15, 0.2) is 0 Å². The second-order valence-corrected chi connectivity index (χ2v) is 3.94. The second kappa shape index (κ2) is 5.19. The number of benzene rings is 1. The molecule has 0 atom stereocenters. The van der Waals surface area contributed by atoms with E-state index < -0.39 is 0 Å². The van der Waals surface area contributed by atoms with Crippen LogP contribution in [0.25, 0.3) is 0 Å². The largest absolute Gasteiger partial charge is 0.389 e. The molecule has 0 saturated heterocycles. The lowest BCUT2D eigenvalue weighted by atomic mass is 10.1. The monoisotopic (exact) mass is 226 g/mol. The molecule has 2 N–H and O–H groups in total. The van der Waals surface area contributed by atoms with E-state index in [1.165, 1.54) is 12.1 Å². The quantitative estimate of drug-likeness (QED) is 0.795. The number of nitrogens with zero attached hydrogens (tertiary/aromatic N) is 1. The molecule has 0 aliphatic rings. The Morgan fingerprint density at radius 3 is 2.73 bits per heavy atom. The highest BCUT2D eigenvalue weighted by Crippen LogP contribution is 2.13. The van der Waals surface area contributed by atoms with Crippen molar-refractivity contribution in [1.82, 2.24) is 4.90 Å². The van der Waals surface area contributed by atoms with Crippen LogP contribution in [0.5, 0.6) is 0 Å². The summed E-state index contributed by atoms with van der Waals surface area (Å²) < 4.78 is 13.1. The molecule has 0 heterocycles. The molecule has 1 aromatic carbocycles. The number of halogens is 1. The molecule has 2 nitrogen and oxygen atoms in total. The number of nitrogens with two attached hydrogens (primary N) is 1. The Morgan fingerprint density at radius 1 is 1.53 bits per heavy atom. The second-order valence-electron chi connectivity index (χ2n) is 3.50. The topological polar surface area (TPSA) is 29.3 Å². The summed E-state index contributed by atoms with van der Waals surface area (Å²) in [7, 11) is 1.97. The van der Waals surface area contributed by atoms with Crippen LogP contribution in [0, 0.1) is 5.82 Å². The number of hydrogen-bond donors (Lipinski definition) is 1. The third-order valence-electron chi connectivity index (χ3n) is 2.31. The molecule has 82 valence electrons. The van der Waals surface area contributed by atoms with E-state index in [1.54, 1.807) is 6.07 Å². The Balaban J connectivity index is 3.02. The summed E-state index contributed by atoms with van der Waals surface area (Å²) in [6, 6.07) is 4.50. The average molecular weight is 226 g/mol. The molecule has 0 unspecified atom stereocenters. The molecule has 0 aromatic heterocycles. The van der Waals surface area contributed by atoms with Crippen LogP contribution in [0.1, 0.15) is 18.1 Å². The third-order valence-corrected chi connectivity index (χ3v) is 2.53. The Hall–Kier alpha value is -1.00. The van der Waals surface area contributed by atoms with Crippen LogP contribution in [0.4, 0.5) is 4.39 Å². The smallest absolute Gasteiger partial charge is 0.123 e. The van der Waals surface area contributed by atoms with Gasteiger partial charge in [0.25, 0.3) is 0 Å². The fourth-order valence-electron chi connectivity index (χ4n) is 1.34. The van der Waals surface area contributed by atoms with Crippen LogP contribution < -0.4 is 5.73 Å². The third kappa shape index (κ3) is 3.25. The first-order valence-electron chi connectivity index (χ1n) is 4.81. The zero-order valence-electron chi connectivity index (χ0n) is 8.96. The van der Waals surface area contributed by atoms with Crippen molar-refractivity contribution < 1.29 is 4.39 Å². The van der Waals surface area contributed by atoms with Gasteiger partial charge in [-0.15, -0.1) is 0 Å². The van der Waals surface area contributed by atoms with Gasteiger partial charge < -0.3 is 10.6 Å². The highest BCUT2D eigenvalue weighted by atomic mass is 32.1.